The van der Waals surface area contributed by atoms with Gasteiger partial charge in [0.2, 0.25) is 0 Å². The van der Waals surface area contributed by atoms with Crippen molar-refractivity contribution < 1.29 is 0 Å². The Morgan fingerprint density at radius 3 is 1.48 bits per heavy atom. The van der Waals surface area contributed by atoms with E-state index in [1.54, 1.807) is 6.08 Å². The lowest BCUT2D eigenvalue weighted by atomic mass is 10.1. The van der Waals surface area contributed by atoms with Crippen LogP contribution in [0.15, 0.2) is 79.0 Å². The van der Waals surface area contributed by atoms with Crippen LogP contribution in [0.2, 0.25) is 0 Å². The molecule has 0 heteroatoms. The van der Waals surface area contributed by atoms with Crippen molar-refractivity contribution in [2.75, 3.05) is 0 Å². The minimum atomic E-state index is 1.19. The Kier molecular flexibility index (Phi) is 18.6. The molecule has 0 aliphatic heterocycles. The third-order valence-electron chi connectivity index (χ3n) is 3.33. The number of hydrogen-bond donors (Lipinski definition) is 0. The van der Waals surface area contributed by atoms with E-state index in [-0.39, 0.29) is 0 Å². The third kappa shape index (κ3) is 20.2. The lowest BCUT2D eigenvalue weighted by molar-refractivity contribution is 0.592. The van der Waals surface area contributed by atoms with Gasteiger partial charge in [0.15, 0.2) is 0 Å². The van der Waals surface area contributed by atoms with Crippen LogP contribution in [0.4, 0.5) is 0 Å². The van der Waals surface area contributed by atoms with Crippen molar-refractivity contribution in [3.63, 3.8) is 0 Å². The zero-order valence-electron chi connectivity index (χ0n) is 14.7. The molecule has 0 fully saturated rings. The van der Waals surface area contributed by atoms with Gasteiger partial charge in [0, 0.05) is 0 Å². The predicted octanol–water partition coefficient (Wildman–Crippen LogP) is 7.45. The van der Waals surface area contributed by atoms with Crippen LogP contribution in [0.1, 0.15) is 58.3 Å². The highest BCUT2D eigenvalue weighted by Gasteiger charge is 1.88. The molecule has 1 radical (unpaired) electrons. The second-order valence-corrected chi connectivity index (χ2v) is 5.46. The van der Waals surface area contributed by atoms with Gasteiger partial charge in [0.05, 0.1) is 0 Å². The number of unbranched alkanes of at least 4 members (excludes halogenated alkanes) is 7. The average Bonchev–Trinajstić information content (AvgIpc) is 2.57. The van der Waals surface area contributed by atoms with Crippen LogP contribution in [0.3, 0.4) is 0 Å². The van der Waals surface area contributed by atoms with E-state index in [0.717, 1.165) is 0 Å². The monoisotopic (exact) mass is 309 g/mol. The van der Waals surface area contributed by atoms with Gasteiger partial charge in [-0.05, 0) is 12.8 Å². The molecular formula is C23H33. The number of allylic oxidation sites excluding steroid dienone is 13. The SMILES string of the molecule is [CH]=CC=CC=CC=CC=CC=CC=CCCCCCCCCC. The summed E-state index contributed by atoms with van der Waals surface area (Å²) in [5.74, 6) is 0. The van der Waals surface area contributed by atoms with Crippen LogP contribution in [-0.2, 0) is 0 Å². The van der Waals surface area contributed by atoms with Crippen LogP contribution in [-0.4, -0.2) is 0 Å². The Labute approximate surface area is 144 Å². The molecule has 0 rings (SSSR count). The van der Waals surface area contributed by atoms with Gasteiger partial charge in [-0.15, -0.1) is 0 Å². The molecule has 0 aliphatic carbocycles. The third-order valence-corrected chi connectivity index (χ3v) is 3.33. The highest BCUT2D eigenvalue weighted by molar-refractivity contribution is 5.20. The van der Waals surface area contributed by atoms with Gasteiger partial charge in [-0.3, -0.25) is 0 Å². The fourth-order valence-corrected chi connectivity index (χ4v) is 2.04. The zero-order chi connectivity index (χ0) is 16.8. The Hall–Kier alpha value is -1.82. The smallest absolute Gasteiger partial charge is 0.0348 e. The van der Waals surface area contributed by atoms with E-state index in [9.17, 15) is 0 Å². The largest absolute Gasteiger partial charge is 0.0845 e. The molecule has 23 heavy (non-hydrogen) atoms. The van der Waals surface area contributed by atoms with E-state index in [1.165, 1.54) is 57.4 Å². The fraction of sp³-hybridized carbons (Fsp3) is 0.391. The van der Waals surface area contributed by atoms with Crippen molar-refractivity contribution in [3.8, 4) is 0 Å². The van der Waals surface area contributed by atoms with Crippen LogP contribution in [0.25, 0.3) is 0 Å². The molecule has 0 saturated carbocycles. The molecule has 0 spiro atoms. The van der Waals surface area contributed by atoms with Crippen molar-refractivity contribution in [1.82, 2.24) is 0 Å². The highest BCUT2D eigenvalue weighted by atomic mass is 13.9. The molecule has 0 atom stereocenters. The van der Waals surface area contributed by atoms with Crippen molar-refractivity contribution in [1.29, 1.82) is 0 Å². The van der Waals surface area contributed by atoms with Gasteiger partial charge in [-0.1, -0.05) is 131 Å². The van der Waals surface area contributed by atoms with Crippen LogP contribution < -0.4 is 0 Å². The first-order chi connectivity index (χ1) is 11.4. The highest BCUT2D eigenvalue weighted by Crippen LogP contribution is 2.08. The molecular weight excluding hydrogens is 276 g/mol. The van der Waals surface area contributed by atoms with E-state index in [2.05, 4.69) is 31.2 Å². The molecule has 0 nitrogen and oxygen atoms in total. The van der Waals surface area contributed by atoms with Gasteiger partial charge >= 0.3 is 0 Å². The number of hydrogen-bond acceptors (Lipinski definition) is 0. The fourth-order valence-electron chi connectivity index (χ4n) is 2.04. The molecule has 0 amide bonds. The van der Waals surface area contributed by atoms with Gasteiger partial charge < -0.3 is 0 Å². The standard InChI is InChI=1S/C23H33/c1-3-5-7-9-11-13-15-17-19-21-23-22-20-18-16-14-12-10-8-6-4-2/h1,3,5,7,9,11,13,15,17,19-23H,4,6,8,10,12,14,16,18H2,2H3. The van der Waals surface area contributed by atoms with E-state index in [1.807, 2.05) is 42.5 Å². The first-order valence-electron chi connectivity index (χ1n) is 8.95. The summed E-state index contributed by atoms with van der Waals surface area (Å²) in [5, 5.41) is 0. The van der Waals surface area contributed by atoms with Crippen molar-refractivity contribution in [2.45, 2.75) is 58.3 Å². The lowest BCUT2D eigenvalue weighted by Crippen LogP contribution is -1.78. The Balaban J connectivity index is 3.52. The summed E-state index contributed by atoms with van der Waals surface area (Å²) in [6.45, 7) is 7.48. The molecule has 0 bridgehead atoms. The van der Waals surface area contributed by atoms with Crippen molar-refractivity contribution >= 4 is 0 Å². The van der Waals surface area contributed by atoms with Gasteiger partial charge in [-0.25, -0.2) is 0 Å². The molecule has 0 aromatic heterocycles. The maximum absolute atomic E-state index is 5.22. The zero-order valence-corrected chi connectivity index (χ0v) is 14.7. The Bertz CT molecular complexity index is 413. The summed E-state index contributed by atoms with van der Waals surface area (Å²) in [4.78, 5) is 0. The minimum absolute atomic E-state index is 1.19. The van der Waals surface area contributed by atoms with Gasteiger partial charge in [0.25, 0.3) is 0 Å². The topological polar surface area (TPSA) is 0 Å². The molecule has 0 aromatic rings. The number of rotatable bonds is 14. The maximum atomic E-state index is 5.22. The Morgan fingerprint density at radius 1 is 0.522 bits per heavy atom. The lowest BCUT2D eigenvalue weighted by Gasteiger charge is -1.98. The van der Waals surface area contributed by atoms with E-state index in [4.69, 9.17) is 6.58 Å². The van der Waals surface area contributed by atoms with Crippen LogP contribution in [0.5, 0.6) is 0 Å². The first-order valence-corrected chi connectivity index (χ1v) is 8.95. The summed E-state index contributed by atoms with van der Waals surface area (Å²) < 4.78 is 0. The molecule has 0 N–H and O–H groups in total. The molecule has 0 aromatic carbocycles. The summed E-state index contributed by atoms with van der Waals surface area (Å²) in [6.07, 6.45) is 36.5. The molecule has 0 heterocycles. The van der Waals surface area contributed by atoms with Gasteiger partial charge in [-0.2, -0.15) is 0 Å². The maximum Gasteiger partial charge on any atom is -0.0348 e. The summed E-state index contributed by atoms with van der Waals surface area (Å²) in [7, 11) is 0. The summed E-state index contributed by atoms with van der Waals surface area (Å²) >= 11 is 0. The molecule has 0 aliphatic rings. The second-order valence-electron chi connectivity index (χ2n) is 5.46. The minimum Gasteiger partial charge on any atom is -0.0845 e. The first kappa shape index (κ1) is 21.2. The van der Waals surface area contributed by atoms with Crippen molar-refractivity contribution in [3.05, 3.63) is 85.6 Å². The Morgan fingerprint density at radius 2 is 0.957 bits per heavy atom. The normalized spacial score (nSPS) is 13.1. The summed E-state index contributed by atoms with van der Waals surface area (Å²) in [5.41, 5.74) is 0. The predicted molar refractivity (Wildman–Crippen MR) is 106 cm³/mol. The van der Waals surface area contributed by atoms with Crippen LogP contribution >= 0.6 is 0 Å². The molecule has 125 valence electrons. The molecule has 0 saturated heterocycles. The molecule has 0 unspecified atom stereocenters. The van der Waals surface area contributed by atoms with Crippen molar-refractivity contribution in [2.24, 2.45) is 0 Å². The average molecular weight is 310 g/mol. The summed E-state index contributed by atoms with van der Waals surface area (Å²) in [6, 6.07) is 0. The van der Waals surface area contributed by atoms with E-state index < -0.39 is 0 Å². The van der Waals surface area contributed by atoms with E-state index >= 15 is 0 Å². The van der Waals surface area contributed by atoms with Gasteiger partial charge in [0.1, 0.15) is 0 Å². The van der Waals surface area contributed by atoms with E-state index in [0.29, 0.717) is 0 Å². The van der Waals surface area contributed by atoms with Crippen LogP contribution in [0, 0.1) is 6.58 Å². The quantitative estimate of drug-likeness (QED) is 0.231. The second kappa shape index (κ2) is 20.2.